The molecule has 34 heavy (non-hydrogen) atoms. The van der Waals surface area contributed by atoms with Crippen LogP contribution in [0, 0.1) is 11.8 Å². The minimum Gasteiger partial charge on any atom is -0.465 e. The van der Waals surface area contributed by atoms with Crippen LogP contribution in [0.25, 0.3) is 0 Å². The maximum atomic E-state index is 13.9. The Morgan fingerprint density at radius 1 is 1.32 bits per heavy atom. The minimum absolute atomic E-state index is 0.128. The fraction of sp³-hybridized carbons (Fsp3) is 0.720. The number of alkyl halides is 1. The van der Waals surface area contributed by atoms with E-state index in [1.807, 2.05) is 19.9 Å². The van der Waals surface area contributed by atoms with Crippen molar-refractivity contribution < 1.29 is 29.0 Å². The van der Waals surface area contributed by atoms with Crippen molar-refractivity contribution in [1.82, 2.24) is 9.80 Å². The monoisotopic (exact) mass is 540 g/mol. The number of ether oxygens (including phenoxy) is 2. The van der Waals surface area contributed by atoms with Gasteiger partial charge in [-0.05, 0) is 46.5 Å². The minimum atomic E-state index is -1.16. The first-order chi connectivity index (χ1) is 16.2. The van der Waals surface area contributed by atoms with Crippen LogP contribution in [0.2, 0.25) is 0 Å². The van der Waals surface area contributed by atoms with Gasteiger partial charge in [0.1, 0.15) is 11.6 Å². The van der Waals surface area contributed by atoms with E-state index in [-0.39, 0.29) is 35.9 Å². The molecule has 0 aromatic rings. The number of aliphatic hydroxyl groups excluding tert-OH is 1. The maximum Gasteiger partial charge on any atom is 0.312 e. The van der Waals surface area contributed by atoms with Gasteiger partial charge in [-0.25, -0.2) is 0 Å². The summed E-state index contributed by atoms with van der Waals surface area (Å²) in [6.07, 6.45) is 5.75. The zero-order chi connectivity index (χ0) is 25.2. The fourth-order valence-corrected chi connectivity index (χ4v) is 6.63. The maximum absolute atomic E-state index is 13.9. The van der Waals surface area contributed by atoms with Crippen molar-refractivity contribution in [2.45, 2.75) is 81.1 Å². The molecule has 2 bridgehead atoms. The molecule has 3 unspecified atom stereocenters. The quantitative estimate of drug-likeness (QED) is 0.177. The van der Waals surface area contributed by atoms with Gasteiger partial charge in [0, 0.05) is 17.4 Å². The molecule has 190 valence electrons. The predicted molar refractivity (Wildman–Crippen MR) is 131 cm³/mol. The zero-order valence-corrected chi connectivity index (χ0v) is 21.9. The van der Waals surface area contributed by atoms with E-state index in [1.165, 1.54) is 4.90 Å². The Morgan fingerprint density at radius 2 is 2.03 bits per heavy atom. The number of amides is 2. The molecule has 0 aromatic carbocycles. The molecule has 7 atom stereocenters. The first-order valence-electron chi connectivity index (χ1n) is 12.1. The van der Waals surface area contributed by atoms with Gasteiger partial charge < -0.3 is 24.4 Å². The number of likely N-dealkylation sites (tertiary alicyclic amines) is 1. The lowest BCUT2D eigenvalue weighted by molar-refractivity contribution is -0.156. The van der Waals surface area contributed by atoms with Gasteiger partial charge in [-0.2, -0.15) is 0 Å². The molecule has 0 aromatic heterocycles. The second-order valence-corrected chi connectivity index (χ2v) is 10.9. The normalized spacial score (nSPS) is 32.6. The van der Waals surface area contributed by atoms with Crippen LogP contribution in [0.15, 0.2) is 25.3 Å². The summed E-state index contributed by atoms with van der Waals surface area (Å²) in [6.45, 7) is 13.2. The van der Waals surface area contributed by atoms with Gasteiger partial charge in [0.15, 0.2) is 0 Å². The number of hydrogen-bond acceptors (Lipinski definition) is 6. The molecule has 2 amide bonds. The SMILES string of the molecule is C=CCCCCOC(=O)[C@H]1[C@@H]2OC3(CC2Br)C(C(=O)N(CC=C)C(C)C)N([C@H](C)CO)C(=O)[C@H]13. The molecule has 0 aliphatic carbocycles. The summed E-state index contributed by atoms with van der Waals surface area (Å²) in [5.41, 5.74) is -1.16. The Hall–Kier alpha value is -1.71. The number of allylic oxidation sites excluding steroid dienone is 1. The smallest absolute Gasteiger partial charge is 0.312 e. The average molecular weight is 541 g/mol. The lowest BCUT2D eigenvalue weighted by Crippen LogP contribution is -2.59. The summed E-state index contributed by atoms with van der Waals surface area (Å²) in [5.74, 6) is -2.69. The van der Waals surface area contributed by atoms with Crippen molar-refractivity contribution in [2.75, 3.05) is 19.8 Å². The standard InChI is InChI=1S/C25H37BrN2O6/c1-6-8-9-10-12-33-24(32)18-19-22(30)28(16(5)14-29)21(23(31)27(11-7-2)15(3)4)25(19)13-17(26)20(18)34-25/h6-7,15-21,29H,1-2,8-14H2,3-5H3/t16-,17?,18-,19+,20-,21?,25?/m1/s1. The Bertz CT molecular complexity index is 819. The number of hydrogen-bond donors (Lipinski definition) is 1. The molecule has 3 saturated heterocycles. The number of unbranched alkanes of at least 4 members (excludes halogenated alkanes) is 2. The molecule has 0 radical (unpaired) electrons. The average Bonchev–Trinajstić information content (AvgIpc) is 3.39. The van der Waals surface area contributed by atoms with E-state index in [0.29, 0.717) is 19.4 Å². The lowest BCUT2D eigenvalue weighted by atomic mass is 9.70. The molecular formula is C25H37BrN2O6. The third-order valence-corrected chi connectivity index (χ3v) is 8.10. The van der Waals surface area contributed by atoms with Gasteiger partial charge in [0.05, 0.1) is 37.2 Å². The van der Waals surface area contributed by atoms with Gasteiger partial charge in [-0.15, -0.1) is 13.2 Å². The predicted octanol–water partition coefficient (Wildman–Crippen LogP) is 2.44. The molecule has 8 nitrogen and oxygen atoms in total. The molecular weight excluding hydrogens is 504 g/mol. The highest BCUT2D eigenvalue weighted by Gasteiger charge is 2.77. The Labute approximate surface area is 210 Å². The highest BCUT2D eigenvalue weighted by molar-refractivity contribution is 9.09. The van der Waals surface area contributed by atoms with Crippen LogP contribution in [-0.2, 0) is 23.9 Å². The lowest BCUT2D eigenvalue weighted by Gasteiger charge is -2.39. The largest absolute Gasteiger partial charge is 0.465 e. The van der Waals surface area contributed by atoms with Crippen molar-refractivity contribution in [2.24, 2.45) is 11.8 Å². The van der Waals surface area contributed by atoms with Crippen molar-refractivity contribution in [3.05, 3.63) is 25.3 Å². The summed E-state index contributed by atoms with van der Waals surface area (Å²) >= 11 is 3.64. The molecule has 3 fully saturated rings. The van der Waals surface area contributed by atoms with E-state index >= 15 is 0 Å². The van der Waals surface area contributed by atoms with Gasteiger partial charge in [-0.3, -0.25) is 14.4 Å². The highest BCUT2D eigenvalue weighted by atomic mass is 79.9. The number of halogens is 1. The van der Waals surface area contributed by atoms with Gasteiger partial charge in [0.25, 0.3) is 0 Å². The van der Waals surface area contributed by atoms with Crippen molar-refractivity contribution in [3.63, 3.8) is 0 Å². The van der Waals surface area contributed by atoms with E-state index in [2.05, 4.69) is 29.1 Å². The Kier molecular flexibility index (Phi) is 8.63. The summed E-state index contributed by atoms with van der Waals surface area (Å²) in [6, 6.07) is -1.67. The molecule has 3 aliphatic heterocycles. The zero-order valence-electron chi connectivity index (χ0n) is 20.3. The highest BCUT2D eigenvalue weighted by Crippen LogP contribution is 2.60. The van der Waals surface area contributed by atoms with Crippen LogP contribution < -0.4 is 0 Å². The van der Waals surface area contributed by atoms with E-state index in [1.54, 1.807) is 17.9 Å². The molecule has 3 rings (SSSR count). The number of carbonyl (C=O) groups excluding carboxylic acids is 3. The molecule has 1 spiro atoms. The van der Waals surface area contributed by atoms with Crippen LogP contribution in [0.1, 0.15) is 46.5 Å². The van der Waals surface area contributed by atoms with E-state index in [0.717, 1.165) is 12.8 Å². The fourth-order valence-electron chi connectivity index (χ4n) is 5.69. The summed E-state index contributed by atoms with van der Waals surface area (Å²) < 4.78 is 12.0. The van der Waals surface area contributed by atoms with Crippen LogP contribution >= 0.6 is 15.9 Å². The number of esters is 1. The van der Waals surface area contributed by atoms with Crippen molar-refractivity contribution in [1.29, 1.82) is 0 Å². The molecule has 3 heterocycles. The molecule has 3 aliphatic rings. The molecule has 1 N–H and O–H groups in total. The Morgan fingerprint density at radius 3 is 2.62 bits per heavy atom. The van der Waals surface area contributed by atoms with E-state index < -0.39 is 41.6 Å². The number of fused-ring (bicyclic) bond motifs is 1. The van der Waals surface area contributed by atoms with Crippen molar-refractivity contribution in [3.8, 4) is 0 Å². The van der Waals surface area contributed by atoms with E-state index in [9.17, 15) is 19.5 Å². The first kappa shape index (κ1) is 26.9. The van der Waals surface area contributed by atoms with Gasteiger partial charge in [0.2, 0.25) is 11.8 Å². The number of carbonyl (C=O) groups is 3. The van der Waals surface area contributed by atoms with Gasteiger partial charge >= 0.3 is 5.97 Å². The van der Waals surface area contributed by atoms with Crippen LogP contribution in [0.5, 0.6) is 0 Å². The van der Waals surface area contributed by atoms with Crippen LogP contribution in [0.3, 0.4) is 0 Å². The van der Waals surface area contributed by atoms with Crippen LogP contribution in [0.4, 0.5) is 0 Å². The third-order valence-electron chi connectivity index (χ3n) is 7.25. The summed E-state index contributed by atoms with van der Waals surface area (Å²) in [5, 5.41) is 9.92. The number of nitrogens with zero attached hydrogens (tertiary/aromatic N) is 2. The summed E-state index contributed by atoms with van der Waals surface area (Å²) in [7, 11) is 0. The molecule has 0 saturated carbocycles. The van der Waals surface area contributed by atoms with Gasteiger partial charge in [-0.1, -0.05) is 28.1 Å². The van der Waals surface area contributed by atoms with Crippen molar-refractivity contribution >= 4 is 33.7 Å². The summed E-state index contributed by atoms with van der Waals surface area (Å²) in [4.78, 5) is 43.8. The third kappa shape index (κ3) is 4.46. The number of aliphatic hydroxyl groups is 1. The topological polar surface area (TPSA) is 96.4 Å². The first-order valence-corrected chi connectivity index (χ1v) is 13.0. The Balaban J connectivity index is 1.96. The van der Waals surface area contributed by atoms with E-state index in [4.69, 9.17) is 9.47 Å². The number of rotatable bonds is 12. The van der Waals surface area contributed by atoms with Crippen LogP contribution in [-0.4, -0.2) is 87.1 Å². The second kappa shape index (κ2) is 10.9. The second-order valence-electron chi connectivity index (χ2n) is 9.77. The molecule has 9 heteroatoms.